The monoisotopic (exact) mass is 821 g/mol. The molecule has 4 atom stereocenters. The summed E-state index contributed by atoms with van der Waals surface area (Å²) in [6, 6.07) is 8.99. The minimum atomic E-state index is -1.49. The molecule has 0 heterocycles. The van der Waals surface area contributed by atoms with Gasteiger partial charge in [-0.1, -0.05) is 56.3 Å². The van der Waals surface area contributed by atoms with Crippen molar-refractivity contribution in [1.29, 1.82) is 0 Å². The summed E-state index contributed by atoms with van der Waals surface area (Å²) in [5, 5.41) is 8.06. The molecule has 0 aromatic heterocycles. The van der Waals surface area contributed by atoms with Crippen LogP contribution in [0.25, 0.3) is 6.08 Å². The Morgan fingerprint density at radius 2 is 1.32 bits per heavy atom. The van der Waals surface area contributed by atoms with Crippen LogP contribution in [0.1, 0.15) is 57.6 Å². The molecule has 0 aliphatic carbocycles. The number of aliphatic imine (C=N–C) groups is 2. The highest BCUT2D eigenvalue weighted by Gasteiger charge is 2.36. The van der Waals surface area contributed by atoms with Gasteiger partial charge in [-0.05, 0) is 60.9 Å². The van der Waals surface area contributed by atoms with Crippen LogP contribution in [0, 0.1) is 11.7 Å². The van der Waals surface area contributed by atoms with E-state index in [9.17, 15) is 33.2 Å². The highest BCUT2D eigenvalue weighted by molar-refractivity contribution is 6.06. The van der Waals surface area contributed by atoms with E-state index in [0.29, 0.717) is 23.5 Å². The largest absolute Gasteiger partial charge is 0.370 e. The molecule has 2 aromatic carbocycles. The number of guanidine groups is 2. The second-order valence-electron chi connectivity index (χ2n) is 14.7. The molecule has 0 aliphatic rings. The van der Waals surface area contributed by atoms with Crippen LogP contribution in [0.15, 0.2) is 70.7 Å². The summed E-state index contributed by atoms with van der Waals surface area (Å²) in [5.41, 5.74) is 17.5. The first-order chi connectivity index (χ1) is 27.8. The van der Waals surface area contributed by atoms with Gasteiger partial charge in [-0.2, -0.15) is 0 Å². The number of imide groups is 1. The van der Waals surface area contributed by atoms with E-state index in [1.807, 2.05) is 13.8 Å². The molecule has 9 N–H and O–H groups in total. The van der Waals surface area contributed by atoms with Crippen LogP contribution in [0.3, 0.4) is 0 Å². The van der Waals surface area contributed by atoms with Crippen molar-refractivity contribution >= 4 is 53.4 Å². The number of halogens is 1. The van der Waals surface area contributed by atoms with Crippen LogP contribution in [-0.2, 0) is 35.2 Å². The lowest BCUT2D eigenvalue weighted by Gasteiger charge is -2.30. The maximum absolute atomic E-state index is 14.4. The second kappa shape index (κ2) is 24.4. The first-order valence-electron chi connectivity index (χ1n) is 19.3. The summed E-state index contributed by atoms with van der Waals surface area (Å²) in [6.07, 6.45) is 2.97. The summed E-state index contributed by atoms with van der Waals surface area (Å²) < 4.78 is 13.9. The minimum Gasteiger partial charge on any atom is -0.370 e. The number of nitrogens with two attached hydrogens (primary N) is 3. The lowest BCUT2D eigenvalue weighted by Crippen LogP contribution is -2.59. The Morgan fingerprint density at radius 1 is 0.746 bits per heavy atom. The highest BCUT2D eigenvalue weighted by atomic mass is 19.1. The van der Waals surface area contributed by atoms with E-state index in [2.05, 4.69) is 25.9 Å². The number of nitrogens with one attached hydrogen (secondary N) is 3. The number of amides is 6. The maximum atomic E-state index is 14.4. The lowest BCUT2D eigenvalue weighted by atomic mass is 10.0. The van der Waals surface area contributed by atoms with Crippen LogP contribution >= 0.6 is 0 Å². The van der Waals surface area contributed by atoms with E-state index >= 15 is 0 Å². The molecule has 59 heavy (non-hydrogen) atoms. The average Bonchev–Trinajstić information content (AvgIpc) is 3.15. The fourth-order valence-corrected chi connectivity index (χ4v) is 6.04. The fraction of sp³-hybridized carbons (Fsp3) is 0.463. The number of nitrogens with zero attached hydrogens (tertiary/aromatic N) is 5. The molecule has 17 nitrogen and oxygen atoms in total. The molecule has 18 heteroatoms. The van der Waals surface area contributed by atoms with Crippen molar-refractivity contribution in [2.75, 3.05) is 41.3 Å². The van der Waals surface area contributed by atoms with Crippen LogP contribution in [-0.4, -0.2) is 128 Å². The standard InChI is InChI=1S/C41H60FN11O6/c1-26(2)24-33(38(58)48-31(36(43)56)14-11-22-46-40(44)45)50-37(57)32(21-23-47-41(51(4)5)52(6)7)49-39(59)34(25-29-15-18-30(42)19-16-29)53(27(3)54)35(55)20-17-28-12-9-8-10-13-28/h8-10,12-13,15-20,26,31-34H,11,14,21-25H2,1-7H3,(H2,43,56)(H,48,58)(H,49,59)(H,50,57)(H4,44,45,46)/b20-17+/t31?,32-,33?,34?/m1/s1. The number of benzene rings is 2. The fourth-order valence-electron chi connectivity index (χ4n) is 6.04. The van der Waals surface area contributed by atoms with Crippen molar-refractivity contribution in [3.8, 4) is 0 Å². The van der Waals surface area contributed by atoms with E-state index in [-0.39, 0.29) is 50.7 Å². The minimum absolute atomic E-state index is 0.0302. The van der Waals surface area contributed by atoms with Gasteiger partial charge in [-0.3, -0.25) is 43.7 Å². The molecular weight excluding hydrogens is 762 g/mol. The van der Waals surface area contributed by atoms with Crippen LogP contribution in [0.2, 0.25) is 0 Å². The first-order valence-corrected chi connectivity index (χ1v) is 19.3. The maximum Gasteiger partial charge on any atom is 0.253 e. The molecule has 0 radical (unpaired) electrons. The number of hydrogen-bond acceptors (Lipinski definition) is 8. The Bertz CT molecular complexity index is 1800. The van der Waals surface area contributed by atoms with Crippen molar-refractivity contribution in [1.82, 2.24) is 30.7 Å². The Balaban J connectivity index is 2.55. The molecule has 0 saturated carbocycles. The molecule has 322 valence electrons. The molecular formula is C41H60FN11O6. The van der Waals surface area contributed by atoms with Crippen LogP contribution in [0.4, 0.5) is 4.39 Å². The molecule has 3 unspecified atom stereocenters. The number of rotatable bonds is 21. The first kappa shape index (κ1) is 48.8. The zero-order valence-corrected chi connectivity index (χ0v) is 35.0. The van der Waals surface area contributed by atoms with E-state index in [4.69, 9.17) is 17.2 Å². The van der Waals surface area contributed by atoms with Crippen molar-refractivity contribution in [2.45, 2.75) is 77.0 Å². The summed E-state index contributed by atoms with van der Waals surface area (Å²) in [4.78, 5) is 94.3. The normalized spacial score (nSPS) is 13.0. The van der Waals surface area contributed by atoms with Crippen molar-refractivity contribution in [2.24, 2.45) is 33.1 Å². The van der Waals surface area contributed by atoms with Gasteiger partial charge in [0.25, 0.3) is 5.91 Å². The summed E-state index contributed by atoms with van der Waals surface area (Å²) in [7, 11) is 7.17. The summed E-state index contributed by atoms with van der Waals surface area (Å²) >= 11 is 0. The zero-order valence-electron chi connectivity index (χ0n) is 35.0. The van der Waals surface area contributed by atoms with Gasteiger partial charge in [-0.25, -0.2) is 4.39 Å². The SMILES string of the molecule is CC(=O)N(C(=O)/C=C/c1ccccc1)C(Cc1ccc(F)cc1)C(=O)N[C@H](CCN=C(N(C)C)N(C)C)C(=O)NC(CC(C)C)C(=O)NC(CCCN=C(N)N)C(N)=O. The average molecular weight is 822 g/mol. The molecule has 0 saturated heterocycles. The quantitative estimate of drug-likeness (QED) is 0.0446. The van der Waals surface area contributed by atoms with Gasteiger partial charge in [0.1, 0.15) is 30.0 Å². The van der Waals surface area contributed by atoms with E-state index in [1.54, 1.807) is 68.3 Å². The lowest BCUT2D eigenvalue weighted by molar-refractivity contribution is -0.148. The van der Waals surface area contributed by atoms with Crippen molar-refractivity contribution < 1.29 is 33.2 Å². The Labute approximate surface area is 345 Å². The molecule has 0 aliphatic heterocycles. The van der Waals surface area contributed by atoms with E-state index in [1.165, 1.54) is 36.4 Å². The molecule has 0 bridgehead atoms. The molecule has 0 fully saturated rings. The summed E-state index contributed by atoms with van der Waals surface area (Å²) in [5.74, 6) is -4.86. The molecule has 6 amide bonds. The number of carbonyl (C=O) groups excluding carboxylic acids is 6. The third kappa shape index (κ3) is 17.4. The van der Waals surface area contributed by atoms with Gasteiger partial charge >= 0.3 is 0 Å². The van der Waals surface area contributed by atoms with E-state index < -0.39 is 65.4 Å². The number of carbonyl (C=O) groups is 6. The van der Waals surface area contributed by atoms with Crippen molar-refractivity contribution in [3.63, 3.8) is 0 Å². The third-order valence-corrected chi connectivity index (χ3v) is 8.80. The van der Waals surface area contributed by atoms with Gasteiger partial charge in [0.15, 0.2) is 11.9 Å². The predicted molar refractivity (Wildman–Crippen MR) is 226 cm³/mol. The van der Waals surface area contributed by atoms with Crippen LogP contribution < -0.4 is 33.2 Å². The van der Waals surface area contributed by atoms with Gasteiger partial charge < -0.3 is 43.0 Å². The van der Waals surface area contributed by atoms with Gasteiger partial charge in [0, 0.05) is 60.7 Å². The van der Waals surface area contributed by atoms with Gasteiger partial charge in [-0.15, -0.1) is 0 Å². The molecule has 2 aromatic rings. The second-order valence-corrected chi connectivity index (χ2v) is 14.7. The van der Waals surface area contributed by atoms with Gasteiger partial charge in [0.05, 0.1) is 0 Å². The zero-order chi connectivity index (χ0) is 44.2. The third-order valence-electron chi connectivity index (χ3n) is 8.80. The topological polar surface area (TPSA) is 251 Å². The Hall–Kier alpha value is -6.33. The summed E-state index contributed by atoms with van der Waals surface area (Å²) in [6.45, 7) is 5.04. The molecule has 2 rings (SSSR count). The number of hydrogen-bond donors (Lipinski definition) is 6. The van der Waals surface area contributed by atoms with Crippen LogP contribution in [0.5, 0.6) is 0 Å². The van der Waals surface area contributed by atoms with E-state index in [0.717, 1.165) is 11.8 Å². The van der Waals surface area contributed by atoms with Gasteiger partial charge in [0.2, 0.25) is 29.5 Å². The van der Waals surface area contributed by atoms with Crippen molar-refractivity contribution in [3.05, 3.63) is 77.6 Å². The number of primary amides is 1. The Morgan fingerprint density at radius 3 is 1.86 bits per heavy atom. The smallest absolute Gasteiger partial charge is 0.253 e. The predicted octanol–water partition coefficient (Wildman–Crippen LogP) is 0.734. The highest BCUT2D eigenvalue weighted by Crippen LogP contribution is 2.15. The Kier molecular flexibility index (Phi) is 20.2. The molecule has 0 spiro atoms.